The van der Waals surface area contributed by atoms with Crippen LogP contribution in [0.2, 0.25) is 5.02 Å². The van der Waals surface area contributed by atoms with Crippen LogP contribution in [0.15, 0.2) is 67.0 Å². The summed E-state index contributed by atoms with van der Waals surface area (Å²) in [6, 6.07) is 15.9. The maximum Gasteiger partial charge on any atom is 0.264 e. The molecule has 5 nitrogen and oxygen atoms in total. The van der Waals surface area contributed by atoms with Gasteiger partial charge in [0.15, 0.2) is 11.4 Å². The highest BCUT2D eigenvalue weighted by atomic mass is 35.5. The van der Waals surface area contributed by atoms with Crippen molar-refractivity contribution in [3.63, 3.8) is 0 Å². The van der Waals surface area contributed by atoms with Crippen molar-refractivity contribution in [2.45, 2.75) is 25.5 Å². The summed E-state index contributed by atoms with van der Waals surface area (Å²) in [5.41, 5.74) is 1.28. The van der Waals surface area contributed by atoms with Crippen molar-refractivity contribution < 1.29 is 14.7 Å². The number of anilines is 1. The lowest BCUT2D eigenvalue weighted by molar-refractivity contribution is -0.136. The standard InChI is InChI=1S/C23H19ClN2O3/c1-15-5-2-3-6-17(15)14-26-20-9-8-18(24)11-19(20)23(29,22(26)28)12-21(27)16-7-4-10-25-13-16/h2-11,13,29H,12,14H2,1H3/t23-/m1/s1. The maximum atomic E-state index is 13.3. The van der Waals surface area contributed by atoms with Crippen molar-refractivity contribution in [2.75, 3.05) is 4.90 Å². The van der Waals surface area contributed by atoms with Gasteiger partial charge in [0.05, 0.1) is 18.7 Å². The largest absolute Gasteiger partial charge is 0.375 e. The van der Waals surface area contributed by atoms with Crippen LogP contribution in [0.4, 0.5) is 5.69 Å². The Morgan fingerprint density at radius 3 is 2.69 bits per heavy atom. The number of aromatic nitrogens is 1. The van der Waals surface area contributed by atoms with Crippen LogP contribution in [-0.2, 0) is 16.9 Å². The average Bonchev–Trinajstić information content (AvgIpc) is 2.92. The summed E-state index contributed by atoms with van der Waals surface area (Å²) in [6.45, 7) is 2.26. The highest BCUT2D eigenvalue weighted by Gasteiger charge is 2.51. The SMILES string of the molecule is Cc1ccccc1CN1C(=O)[C@@](O)(CC(=O)c2cccnc2)c2cc(Cl)ccc21. The lowest BCUT2D eigenvalue weighted by atomic mass is 9.88. The smallest absolute Gasteiger partial charge is 0.264 e. The van der Waals surface area contributed by atoms with E-state index in [0.717, 1.165) is 11.1 Å². The van der Waals surface area contributed by atoms with Gasteiger partial charge in [0.25, 0.3) is 5.91 Å². The molecular weight excluding hydrogens is 388 g/mol. The third-order valence-electron chi connectivity index (χ3n) is 5.28. The van der Waals surface area contributed by atoms with Gasteiger partial charge in [0, 0.05) is 28.5 Å². The van der Waals surface area contributed by atoms with E-state index in [9.17, 15) is 14.7 Å². The summed E-state index contributed by atoms with van der Waals surface area (Å²) in [6.07, 6.45) is 2.61. The lowest BCUT2D eigenvalue weighted by Gasteiger charge is -2.23. The Morgan fingerprint density at radius 2 is 1.97 bits per heavy atom. The number of hydrogen-bond acceptors (Lipinski definition) is 4. The molecule has 6 heteroatoms. The molecule has 0 fully saturated rings. The van der Waals surface area contributed by atoms with E-state index in [4.69, 9.17) is 11.6 Å². The van der Waals surface area contributed by atoms with Crippen molar-refractivity contribution in [3.8, 4) is 0 Å². The number of aryl methyl sites for hydroxylation is 1. The number of carbonyl (C=O) groups is 2. The van der Waals surface area contributed by atoms with E-state index in [1.807, 2.05) is 31.2 Å². The fourth-order valence-corrected chi connectivity index (χ4v) is 3.84. The van der Waals surface area contributed by atoms with Crippen molar-refractivity contribution >= 4 is 29.0 Å². The number of rotatable bonds is 5. The van der Waals surface area contributed by atoms with E-state index >= 15 is 0 Å². The Kier molecular flexibility index (Phi) is 4.94. The van der Waals surface area contributed by atoms with Crippen molar-refractivity contribution in [2.24, 2.45) is 0 Å². The predicted molar refractivity (Wildman–Crippen MR) is 111 cm³/mol. The van der Waals surface area contributed by atoms with Crippen molar-refractivity contribution in [3.05, 3.63) is 94.3 Å². The average molecular weight is 407 g/mol. The summed E-state index contributed by atoms with van der Waals surface area (Å²) in [5.74, 6) is -0.895. The second-order valence-electron chi connectivity index (χ2n) is 7.18. The number of carbonyl (C=O) groups excluding carboxylic acids is 2. The van der Waals surface area contributed by atoms with Gasteiger partial charge in [-0.15, -0.1) is 0 Å². The summed E-state index contributed by atoms with van der Waals surface area (Å²) in [5, 5.41) is 11.8. The number of amides is 1. The predicted octanol–water partition coefficient (Wildman–Crippen LogP) is 4.05. The highest BCUT2D eigenvalue weighted by Crippen LogP contribution is 2.44. The van der Waals surface area contributed by atoms with Gasteiger partial charge in [-0.25, -0.2) is 0 Å². The lowest BCUT2D eigenvalue weighted by Crippen LogP contribution is -2.41. The van der Waals surface area contributed by atoms with Crippen LogP contribution in [0.5, 0.6) is 0 Å². The van der Waals surface area contributed by atoms with Crippen LogP contribution in [0.25, 0.3) is 0 Å². The fourth-order valence-electron chi connectivity index (χ4n) is 3.67. The van der Waals surface area contributed by atoms with E-state index in [1.165, 1.54) is 11.1 Å². The summed E-state index contributed by atoms with van der Waals surface area (Å²) < 4.78 is 0. The number of benzene rings is 2. The van der Waals surface area contributed by atoms with E-state index in [0.29, 0.717) is 28.4 Å². The molecule has 1 aliphatic heterocycles. The molecule has 1 atom stereocenters. The number of Topliss-reactive ketones (excluding diaryl/α,β-unsaturated/α-hetero) is 1. The molecule has 0 bridgehead atoms. The zero-order chi connectivity index (χ0) is 20.6. The number of fused-ring (bicyclic) bond motifs is 1. The van der Waals surface area contributed by atoms with Crippen LogP contribution in [-0.4, -0.2) is 21.8 Å². The second-order valence-corrected chi connectivity index (χ2v) is 7.62. The molecule has 146 valence electrons. The van der Waals surface area contributed by atoms with E-state index in [-0.39, 0.29) is 12.2 Å². The summed E-state index contributed by atoms with van der Waals surface area (Å²) in [7, 11) is 0. The molecule has 0 unspecified atom stereocenters. The van der Waals surface area contributed by atoms with Gasteiger partial charge in [-0.05, 0) is 48.4 Å². The minimum Gasteiger partial charge on any atom is -0.375 e. The number of aliphatic hydroxyl groups is 1. The normalized spacial score (nSPS) is 18.0. The summed E-state index contributed by atoms with van der Waals surface area (Å²) in [4.78, 5) is 31.6. The topological polar surface area (TPSA) is 70.5 Å². The van der Waals surface area contributed by atoms with Gasteiger partial charge < -0.3 is 10.0 Å². The molecule has 0 radical (unpaired) electrons. The van der Waals surface area contributed by atoms with Gasteiger partial charge in [-0.3, -0.25) is 14.6 Å². The Labute approximate surface area is 173 Å². The molecular formula is C23H19ClN2O3. The molecule has 4 rings (SSSR count). The minimum absolute atomic E-state index is 0.295. The molecule has 1 aromatic heterocycles. The quantitative estimate of drug-likeness (QED) is 0.649. The van der Waals surface area contributed by atoms with Gasteiger partial charge in [0.1, 0.15) is 0 Å². The van der Waals surface area contributed by atoms with E-state index in [2.05, 4.69) is 4.98 Å². The number of halogens is 1. The fraction of sp³-hybridized carbons (Fsp3) is 0.174. The molecule has 3 aromatic rings. The monoisotopic (exact) mass is 406 g/mol. The molecule has 1 aliphatic rings. The Balaban J connectivity index is 1.73. The van der Waals surface area contributed by atoms with Crippen LogP contribution >= 0.6 is 11.6 Å². The Morgan fingerprint density at radius 1 is 1.17 bits per heavy atom. The number of hydrogen-bond donors (Lipinski definition) is 1. The van der Waals surface area contributed by atoms with Gasteiger partial charge in [0.2, 0.25) is 0 Å². The maximum absolute atomic E-state index is 13.3. The third kappa shape index (κ3) is 3.43. The van der Waals surface area contributed by atoms with Gasteiger partial charge >= 0.3 is 0 Å². The van der Waals surface area contributed by atoms with Crippen LogP contribution in [0.1, 0.15) is 33.5 Å². The highest BCUT2D eigenvalue weighted by molar-refractivity contribution is 6.31. The number of pyridine rings is 1. The molecule has 0 aliphatic carbocycles. The molecule has 0 saturated carbocycles. The first-order chi connectivity index (χ1) is 13.9. The van der Waals surface area contributed by atoms with Gasteiger partial charge in [-0.2, -0.15) is 0 Å². The zero-order valence-corrected chi connectivity index (χ0v) is 16.6. The molecule has 0 spiro atoms. The molecule has 1 amide bonds. The molecule has 1 N–H and O–H groups in total. The van der Waals surface area contributed by atoms with Gasteiger partial charge in [-0.1, -0.05) is 35.9 Å². The molecule has 2 aromatic carbocycles. The van der Waals surface area contributed by atoms with E-state index < -0.39 is 11.5 Å². The minimum atomic E-state index is -1.98. The van der Waals surface area contributed by atoms with Crippen LogP contribution in [0.3, 0.4) is 0 Å². The third-order valence-corrected chi connectivity index (χ3v) is 5.52. The van der Waals surface area contributed by atoms with Crippen molar-refractivity contribution in [1.82, 2.24) is 4.98 Å². The Hall–Kier alpha value is -3.02. The van der Waals surface area contributed by atoms with E-state index in [1.54, 1.807) is 36.5 Å². The first-order valence-corrected chi connectivity index (χ1v) is 9.60. The van der Waals surface area contributed by atoms with Crippen molar-refractivity contribution in [1.29, 1.82) is 0 Å². The molecule has 29 heavy (non-hydrogen) atoms. The molecule has 2 heterocycles. The number of nitrogens with zero attached hydrogens (tertiary/aromatic N) is 2. The Bertz CT molecular complexity index is 1100. The first kappa shape index (κ1) is 19.3. The first-order valence-electron chi connectivity index (χ1n) is 9.22. The zero-order valence-electron chi connectivity index (χ0n) is 15.8. The summed E-state index contributed by atoms with van der Waals surface area (Å²) >= 11 is 6.15. The van der Waals surface area contributed by atoms with Crippen LogP contribution in [0, 0.1) is 6.92 Å². The molecule has 0 saturated heterocycles. The van der Waals surface area contributed by atoms with Crippen LogP contribution < -0.4 is 4.90 Å². The second kappa shape index (κ2) is 7.43. The number of ketones is 1.